The van der Waals surface area contributed by atoms with Gasteiger partial charge in [-0.1, -0.05) is 12.8 Å². The van der Waals surface area contributed by atoms with Crippen LogP contribution in [0.3, 0.4) is 0 Å². The summed E-state index contributed by atoms with van der Waals surface area (Å²) in [5.74, 6) is 1.77. The summed E-state index contributed by atoms with van der Waals surface area (Å²) in [7, 11) is 0. The summed E-state index contributed by atoms with van der Waals surface area (Å²) >= 11 is 0. The number of carbonyl (C=O) groups is 2. The van der Waals surface area contributed by atoms with Crippen molar-refractivity contribution in [2.24, 2.45) is 5.92 Å². The molecule has 0 aromatic carbocycles. The standard InChI is InChI=1S/C12H20N2O3/c1-3-7-14-11(15)9-13-8-6-10(2)4-5-12(16)17/h1,10,13H,4-9H2,2H3,(H,14,15)(H,16,17). The average molecular weight is 240 g/mol. The van der Waals surface area contributed by atoms with Crippen LogP contribution in [0.1, 0.15) is 26.2 Å². The molecule has 0 aromatic rings. The molecule has 0 fully saturated rings. The smallest absolute Gasteiger partial charge is 0.303 e. The fraction of sp³-hybridized carbons (Fsp3) is 0.667. The highest BCUT2D eigenvalue weighted by atomic mass is 16.4. The van der Waals surface area contributed by atoms with E-state index in [4.69, 9.17) is 11.5 Å². The van der Waals surface area contributed by atoms with Crippen LogP contribution in [0.2, 0.25) is 0 Å². The second-order valence-corrected chi connectivity index (χ2v) is 3.98. The minimum atomic E-state index is -0.765. The highest BCUT2D eigenvalue weighted by Crippen LogP contribution is 2.08. The molecule has 5 heteroatoms. The van der Waals surface area contributed by atoms with E-state index < -0.39 is 5.97 Å². The Kier molecular flexibility index (Phi) is 8.79. The van der Waals surface area contributed by atoms with Gasteiger partial charge in [0.2, 0.25) is 5.91 Å². The van der Waals surface area contributed by atoms with Gasteiger partial charge >= 0.3 is 5.97 Å². The Labute approximate surface area is 102 Å². The van der Waals surface area contributed by atoms with Crippen molar-refractivity contribution >= 4 is 11.9 Å². The molecule has 1 atom stereocenters. The molecule has 0 rings (SSSR count). The third-order valence-corrected chi connectivity index (χ3v) is 2.34. The topological polar surface area (TPSA) is 78.4 Å². The van der Waals surface area contributed by atoms with Gasteiger partial charge in [-0.05, 0) is 25.3 Å². The molecule has 96 valence electrons. The summed E-state index contributed by atoms with van der Waals surface area (Å²) in [5, 5.41) is 14.0. The highest BCUT2D eigenvalue weighted by molar-refractivity contribution is 5.78. The van der Waals surface area contributed by atoms with Gasteiger partial charge in [0.05, 0.1) is 13.1 Å². The molecule has 5 nitrogen and oxygen atoms in total. The Balaban J connectivity index is 3.41. The largest absolute Gasteiger partial charge is 0.481 e. The molecule has 0 aromatic heterocycles. The van der Waals surface area contributed by atoms with Gasteiger partial charge in [-0.3, -0.25) is 9.59 Å². The number of rotatable bonds is 9. The Morgan fingerprint density at radius 3 is 2.71 bits per heavy atom. The number of nitrogens with one attached hydrogen (secondary N) is 2. The van der Waals surface area contributed by atoms with E-state index in [-0.39, 0.29) is 25.4 Å². The van der Waals surface area contributed by atoms with Crippen LogP contribution in [0.4, 0.5) is 0 Å². The average Bonchev–Trinajstić information content (AvgIpc) is 2.29. The maximum Gasteiger partial charge on any atom is 0.303 e. The molecule has 1 unspecified atom stereocenters. The molecule has 1 amide bonds. The van der Waals surface area contributed by atoms with E-state index in [1.54, 1.807) is 0 Å². The van der Waals surface area contributed by atoms with E-state index in [0.29, 0.717) is 18.9 Å². The monoisotopic (exact) mass is 240 g/mol. The number of hydrogen-bond acceptors (Lipinski definition) is 3. The van der Waals surface area contributed by atoms with Gasteiger partial charge in [-0.15, -0.1) is 6.42 Å². The van der Waals surface area contributed by atoms with Crippen molar-refractivity contribution in [1.29, 1.82) is 0 Å². The van der Waals surface area contributed by atoms with Crippen molar-refractivity contribution in [2.75, 3.05) is 19.6 Å². The highest BCUT2D eigenvalue weighted by Gasteiger charge is 2.05. The SMILES string of the molecule is C#CCNC(=O)CNCCC(C)CCC(=O)O. The Hall–Kier alpha value is -1.54. The quantitative estimate of drug-likeness (QED) is 0.398. The van der Waals surface area contributed by atoms with Crippen molar-refractivity contribution in [1.82, 2.24) is 10.6 Å². The summed E-state index contributed by atoms with van der Waals surface area (Å²) in [5.41, 5.74) is 0. The Morgan fingerprint density at radius 2 is 2.12 bits per heavy atom. The molecule has 0 aliphatic heterocycles. The Morgan fingerprint density at radius 1 is 1.41 bits per heavy atom. The van der Waals surface area contributed by atoms with Crippen molar-refractivity contribution in [3.63, 3.8) is 0 Å². The minimum absolute atomic E-state index is 0.124. The first-order valence-corrected chi connectivity index (χ1v) is 5.69. The van der Waals surface area contributed by atoms with Crippen molar-refractivity contribution in [3.8, 4) is 12.3 Å². The molecule has 0 radical (unpaired) electrons. The Bertz CT molecular complexity index is 284. The normalized spacial score (nSPS) is 11.5. The van der Waals surface area contributed by atoms with Crippen LogP contribution in [0.5, 0.6) is 0 Å². The lowest BCUT2D eigenvalue weighted by atomic mass is 10.0. The molecule has 0 spiro atoms. The van der Waals surface area contributed by atoms with E-state index >= 15 is 0 Å². The van der Waals surface area contributed by atoms with Crippen molar-refractivity contribution < 1.29 is 14.7 Å². The lowest BCUT2D eigenvalue weighted by Crippen LogP contribution is -2.34. The van der Waals surface area contributed by atoms with Crippen LogP contribution < -0.4 is 10.6 Å². The van der Waals surface area contributed by atoms with Crippen LogP contribution >= 0.6 is 0 Å². The summed E-state index contributed by atoms with van der Waals surface area (Å²) in [4.78, 5) is 21.5. The van der Waals surface area contributed by atoms with Gasteiger partial charge < -0.3 is 15.7 Å². The van der Waals surface area contributed by atoms with Crippen LogP contribution in [-0.4, -0.2) is 36.6 Å². The van der Waals surface area contributed by atoms with Crippen molar-refractivity contribution in [3.05, 3.63) is 0 Å². The third kappa shape index (κ3) is 10.7. The summed E-state index contributed by atoms with van der Waals surface area (Å²) in [6.45, 7) is 3.19. The van der Waals surface area contributed by atoms with Crippen LogP contribution in [0.15, 0.2) is 0 Å². The van der Waals surface area contributed by atoms with Gasteiger partial charge in [-0.25, -0.2) is 0 Å². The lowest BCUT2D eigenvalue weighted by Gasteiger charge is -2.10. The number of carboxylic acid groups (broad SMARTS) is 1. The number of aliphatic carboxylic acids is 1. The maximum absolute atomic E-state index is 11.1. The first-order chi connectivity index (χ1) is 8.06. The van der Waals surface area contributed by atoms with Crippen molar-refractivity contribution in [2.45, 2.75) is 26.2 Å². The van der Waals surface area contributed by atoms with Gasteiger partial charge in [0.25, 0.3) is 0 Å². The van der Waals surface area contributed by atoms with E-state index in [1.807, 2.05) is 6.92 Å². The van der Waals surface area contributed by atoms with Gasteiger partial charge in [0.1, 0.15) is 0 Å². The van der Waals surface area contributed by atoms with Crippen LogP contribution in [-0.2, 0) is 9.59 Å². The fourth-order valence-corrected chi connectivity index (χ4v) is 1.28. The second kappa shape index (κ2) is 9.67. The molecule has 0 heterocycles. The number of amides is 1. The van der Waals surface area contributed by atoms with E-state index in [2.05, 4.69) is 16.6 Å². The molecule has 0 bridgehead atoms. The van der Waals surface area contributed by atoms with E-state index in [9.17, 15) is 9.59 Å². The zero-order valence-corrected chi connectivity index (χ0v) is 10.2. The van der Waals surface area contributed by atoms with Crippen LogP contribution in [0.25, 0.3) is 0 Å². The molecular weight excluding hydrogens is 220 g/mol. The molecule has 0 saturated carbocycles. The first kappa shape index (κ1) is 15.5. The summed E-state index contributed by atoms with van der Waals surface area (Å²) in [6.07, 6.45) is 6.72. The zero-order chi connectivity index (χ0) is 13.1. The predicted molar refractivity (Wildman–Crippen MR) is 65.4 cm³/mol. The molecule has 3 N–H and O–H groups in total. The summed E-state index contributed by atoms with van der Waals surface area (Å²) in [6, 6.07) is 0. The van der Waals surface area contributed by atoms with E-state index in [0.717, 1.165) is 6.42 Å². The number of carboxylic acids is 1. The van der Waals surface area contributed by atoms with E-state index in [1.165, 1.54) is 0 Å². The van der Waals surface area contributed by atoms with Crippen LogP contribution in [0, 0.1) is 18.3 Å². The molecule has 17 heavy (non-hydrogen) atoms. The third-order valence-electron chi connectivity index (χ3n) is 2.34. The van der Waals surface area contributed by atoms with Gasteiger partial charge in [0.15, 0.2) is 0 Å². The predicted octanol–water partition coefficient (Wildman–Crippen LogP) is 0.216. The molecule has 0 aliphatic carbocycles. The maximum atomic E-state index is 11.1. The van der Waals surface area contributed by atoms with Gasteiger partial charge in [0, 0.05) is 6.42 Å². The lowest BCUT2D eigenvalue weighted by molar-refractivity contribution is -0.137. The first-order valence-electron chi connectivity index (χ1n) is 5.69. The van der Waals surface area contributed by atoms with Gasteiger partial charge in [-0.2, -0.15) is 0 Å². The molecule has 0 saturated heterocycles. The second-order valence-electron chi connectivity index (χ2n) is 3.98. The minimum Gasteiger partial charge on any atom is -0.481 e. The fourth-order valence-electron chi connectivity index (χ4n) is 1.28. The number of terminal acetylenes is 1. The number of carbonyl (C=O) groups excluding carboxylic acids is 1. The number of hydrogen-bond donors (Lipinski definition) is 3. The summed E-state index contributed by atoms with van der Waals surface area (Å²) < 4.78 is 0. The molecular formula is C12H20N2O3. The molecule has 0 aliphatic rings. The zero-order valence-electron chi connectivity index (χ0n) is 10.2.